The predicted molar refractivity (Wildman–Crippen MR) is 117 cm³/mol. The van der Waals surface area contributed by atoms with Gasteiger partial charge in [-0.15, -0.1) is 0 Å². The summed E-state index contributed by atoms with van der Waals surface area (Å²) in [5, 5.41) is 9.72. The van der Waals surface area contributed by atoms with Crippen LogP contribution in [-0.2, 0) is 30.2 Å². The first-order valence-corrected chi connectivity index (χ1v) is 10.4. The fourth-order valence-corrected chi connectivity index (χ4v) is 2.81. The molecule has 0 aliphatic heterocycles. The molecule has 2 atom stereocenters. The van der Waals surface area contributed by atoms with Gasteiger partial charge in [0.25, 0.3) is 0 Å². The van der Waals surface area contributed by atoms with E-state index in [-0.39, 0.29) is 24.3 Å². The van der Waals surface area contributed by atoms with Crippen molar-refractivity contribution in [3.05, 3.63) is 23.8 Å². The van der Waals surface area contributed by atoms with Gasteiger partial charge in [0.1, 0.15) is 11.6 Å². The van der Waals surface area contributed by atoms with E-state index < -0.39 is 48.3 Å². The lowest BCUT2D eigenvalue weighted by molar-refractivity contribution is -0.144. The molecule has 1 unspecified atom stereocenters. The summed E-state index contributed by atoms with van der Waals surface area (Å²) < 4.78 is 29.5. The number of nitrogens with two attached hydrogens (primary N) is 1. The van der Waals surface area contributed by atoms with E-state index in [1.54, 1.807) is 27.7 Å². The molecule has 3 N–H and O–H groups in total. The second kappa shape index (κ2) is 12.6. The molecule has 0 aliphatic carbocycles. The number of carbonyl (C=O) groups excluding carboxylic acids is 3. The molecule has 0 heterocycles. The molecule has 1 aromatic rings. The standard InChI is InChI=1S/C22H31NO11/c1-12(2)30-20(27)33-16-8-7-15(9-17(16)34-21(28)31-13(3)4)11-22(23,18(24)25)10-14(5)32-19(26)29-6/h7-9,12-14H,10-11,23H2,1-6H3,(H,24,25)/t14-,22?/m0/s1. The van der Waals surface area contributed by atoms with Gasteiger partial charge in [-0.3, -0.25) is 4.79 Å². The topological polar surface area (TPSA) is 170 Å². The van der Waals surface area contributed by atoms with E-state index in [9.17, 15) is 24.3 Å². The molecule has 0 radical (unpaired) electrons. The minimum absolute atomic E-state index is 0.157. The summed E-state index contributed by atoms with van der Waals surface area (Å²) in [6.45, 7) is 7.94. The Morgan fingerprint density at radius 3 is 1.88 bits per heavy atom. The molecule has 34 heavy (non-hydrogen) atoms. The number of methoxy groups -OCH3 is 1. The average Bonchev–Trinajstić information content (AvgIpc) is 2.68. The summed E-state index contributed by atoms with van der Waals surface area (Å²) in [4.78, 5) is 47.2. The molecule has 0 spiro atoms. The maximum Gasteiger partial charge on any atom is 0.514 e. The number of rotatable bonds is 10. The van der Waals surface area contributed by atoms with Crippen molar-refractivity contribution in [2.75, 3.05) is 7.11 Å². The number of ether oxygens (including phenoxy) is 6. The molecule has 0 aromatic heterocycles. The molecule has 0 aliphatic rings. The summed E-state index contributed by atoms with van der Waals surface area (Å²) in [5.41, 5.74) is 4.58. The van der Waals surface area contributed by atoms with Crippen LogP contribution in [0.2, 0.25) is 0 Å². The van der Waals surface area contributed by atoms with Gasteiger partial charge >= 0.3 is 24.4 Å². The SMILES string of the molecule is COC(=O)O[C@@H](C)CC(N)(Cc1ccc(OC(=O)OC(C)C)c(OC(=O)OC(C)C)c1)C(=O)O. The van der Waals surface area contributed by atoms with Gasteiger partial charge in [-0.25, -0.2) is 14.4 Å². The van der Waals surface area contributed by atoms with Gasteiger partial charge in [-0.1, -0.05) is 6.07 Å². The van der Waals surface area contributed by atoms with E-state index in [1.807, 2.05) is 0 Å². The van der Waals surface area contributed by atoms with Gasteiger partial charge in [-0.2, -0.15) is 0 Å². The van der Waals surface area contributed by atoms with Gasteiger partial charge in [0.05, 0.1) is 19.3 Å². The second-order valence-corrected chi connectivity index (χ2v) is 8.04. The van der Waals surface area contributed by atoms with Gasteiger partial charge in [0.15, 0.2) is 11.5 Å². The van der Waals surface area contributed by atoms with E-state index in [0.29, 0.717) is 5.56 Å². The maximum absolute atomic E-state index is 12.0. The number of hydrogen-bond acceptors (Lipinski definition) is 11. The normalized spacial score (nSPS) is 13.4. The van der Waals surface area contributed by atoms with Gasteiger partial charge in [0.2, 0.25) is 0 Å². The Morgan fingerprint density at radius 1 is 0.882 bits per heavy atom. The summed E-state index contributed by atoms with van der Waals surface area (Å²) in [6, 6.07) is 4.02. The van der Waals surface area contributed by atoms with Crippen LogP contribution >= 0.6 is 0 Å². The molecule has 190 valence electrons. The fraction of sp³-hybridized carbons (Fsp3) is 0.545. The molecule has 12 heteroatoms. The molecule has 12 nitrogen and oxygen atoms in total. The molecule has 0 saturated heterocycles. The van der Waals surface area contributed by atoms with Crippen molar-refractivity contribution in [1.82, 2.24) is 0 Å². The predicted octanol–water partition coefficient (Wildman–Crippen LogP) is 3.42. The van der Waals surface area contributed by atoms with Crippen LogP contribution in [0.25, 0.3) is 0 Å². The number of benzene rings is 1. The quantitative estimate of drug-likeness (QED) is 0.281. The van der Waals surface area contributed by atoms with Crippen LogP contribution < -0.4 is 15.2 Å². The number of hydrogen-bond donors (Lipinski definition) is 2. The molecule has 0 amide bonds. The first-order chi connectivity index (χ1) is 15.7. The molecular formula is C22H31NO11. The van der Waals surface area contributed by atoms with Crippen LogP contribution in [0.15, 0.2) is 18.2 Å². The van der Waals surface area contributed by atoms with Crippen molar-refractivity contribution in [2.45, 2.75) is 71.3 Å². The van der Waals surface area contributed by atoms with Crippen molar-refractivity contribution in [1.29, 1.82) is 0 Å². The Morgan fingerprint density at radius 2 is 1.41 bits per heavy atom. The van der Waals surface area contributed by atoms with Crippen molar-refractivity contribution >= 4 is 24.4 Å². The van der Waals surface area contributed by atoms with Gasteiger partial charge in [-0.05, 0) is 52.3 Å². The van der Waals surface area contributed by atoms with Crippen molar-refractivity contribution < 1.29 is 52.7 Å². The Kier molecular flexibility index (Phi) is 10.6. The van der Waals surface area contributed by atoms with Crippen LogP contribution in [0.5, 0.6) is 11.5 Å². The third-order valence-corrected chi connectivity index (χ3v) is 4.12. The summed E-state index contributed by atoms with van der Waals surface area (Å²) in [5.74, 6) is -1.72. The summed E-state index contributed by atoms with van der Waals surface area (Å²) in [6.07, 6.45) is -5.38. The highest BCUT2D eigenvalue weighted by molar-refractivity contribution is 5.79. The zero-order valence-electron chi connectivity index (χ0n) is 20.0. The highest BCUT2D eigenvalue weighted by Gasteiger charge is 2.37. The Balaban J connectivity index is 3.21. The highest BCUT2D eigenvalue weighted by Crippen LogP contribution is 2.31. The smallest absolute Gasteiger partial charge is 0.480 e. The molecule has 0 saturated carbocycles. The minimum atomic E-state index is -1.86. The molecular weight excluding hydrogens is 454 g/mol. The Bertz CT molecular complexity index is 884. The third kappa shape index (κ3) is 9.53. The highest BCUT2D eigenvalue weighted by atomic mass is 16.8. The lowest BCUT2D eigenvalue weighted by atomic mass is 9.86. The fourth-order valence-electron chi connectivity index (χ4n) is 2.81. The average molecular weight is 485 g/mol. The molecule has 0 bridgehead atoms. The maximum atomic E-state index is 12.0. The lowest BCUT2D eigenvalue weighted by Gasteiger charge is -2.27. The van der Waals surface area contributed by atoms with Crippen LogP contribution in [0.3, 0.4) is 0 Å². The van der Waals surface area contributed by atoms with Crippen LogP contribution in [0.4, 0.5) is 14.4 Å². The van der Waals surface area contributed by atoms with E-state index in [4.69, 9.17) is 29.4 Å². The first kappa shape index (κ1) is 28.5. The monoisotopic (exact) mass is 485 g/mol. The van der Waals surface area contributed by atoms with E-state index in [2.05, 4.69) is 4.74 Å². The molecule has 1 rings (SSSR count). The largest absolute Gasteiger partial charge is 0.514 e. The van der Waals surface area contributed by atoms with Crippen molar-refractivity contribution in [3.63, 3.8) is 0 Å². The number of carboxylic acids is 1. The Labute approximate surface area is 197 Å². The zero-order valence-corrected chi connectivity index (χ0v) is 20.0. The Hall–Kier alpha value is -3.54. The number of carboxylic acid groups (broad SMARTS) is 1. The van der Waals surface area contributed by atoms with Crippen molar-refractivity contribution in [3.8, 4) is 11.5 Å². The zero-order chi connectivity index (χ0) is 26.1. The first-order valence-electron chi connectivity index (χ1n) is 10.4. The third-order valence-electron chi connectivity index (χ3n) is 4.12. The lowest BCUT2D eigenvalue weighted by Crippen LogP contribution is -2.52. The minimum Gasteiger partial charge on any atom is -0.480 e. The van der Waals surface area contributed by atoms with Crippen LogP contribution in [0, 0.1) is 0 Å². The van der Waals surface area contributed by atoms with Crippen molar-refractivity contribution in [2.24, 2.45) is 5.73 Å². The van der Waals surface area contributed by atoms with Gasteiger partial charge < -0.3 is 39.3 Å². The molecule has 0 fully saturated rings. The molecule has 1 aromatic carbocycles. The van der Waals surface area contributed by atoms with Gasteiger partial charge in [0, 0.05) is 12.8 Å². The summed E-state index contributed by atoms with van der Waals surface area (Å²) >= 11 is 0. The van der Waals surface area contributed by atoms with E-state index in [0.717, 1.165) is 7.11 Å². The van der Waals surface area contributed by atoms with E-state index in [1.165, 1.54) is 25.1 Å². The van der Waals surface area contributed by atoms with Crippen LogP contribution in [-0.4, -0.2) is 60.5 Å². The summed E-state index contributed by atoms with van der Waals surface area (Å²) in [7, 11) is 1.12. The van der Waals surface area contributed by atoms with Crippen LogP contribution in [0.1, 0.15) is 46.6 Å². The van der Waals surface area contributed by atoms with E-state index >= 15 is 0 Å². The number of carbonyl (C=O) groups is 4. The second-order valence-electron chi connectivity index (χ2n) is 8.04. The number of aliphatic carboxylic acids is 1.